The summed E-state index contributed by atoms with van der Waals surface area (Å²) in [4.78, 5) is 12.9. The lowest BCUT2D eigenvalue weighted by molar-refractivity contribution is 0.0940. The van der Waals surface area contributed by atoms with Gasteiger partial charge in [0, 0.05) is 5.56 Å². The lowest BCUT2D eigenvalue weighted by Gasteiger charge is -2.08. The van der Waals surface area contributed by atoms with Crippen molar-refractivity contribution >= 4 is 29.1 Å². The van der Waals surface area contributed by atoms with Crippen LogP contribution in [0.1, 0.15) is 16.2 Å². The average molecular weight is 430 g/mol. The molecule has 0 spiro atoms. The van der Waals surface area contributed by atoms with Crippen LogP contribution < -0.4 is 5.32 Å². The minimum absolute atomic E-state index is 0.226. The third-order valence-corrected chi connectivity index (χ3v) is 4.97. The Morgan fingerprint density at radius 3 is 2.55 bits per heavy atom. The van der Waals surface area contributed by atoms with Crippen LogP contribution in [0.5, 0.6) is 0 Å². The zero-order valence-corrected chi connectivity index (χ0v) is 16.4. The summed E-state index contributed by atoms with van der Waals surface area (Å²) in [6, 6.07) is 16.0. The second-order valence-corrected chi connectivity index (χ2v) is 7.01. The van der Waals surface area contributed by atoms with E-state index in [9.17, 15) is 9.18 Å². The van der Waals surface area contributed by atoms with E-state index in [-0.39, 0.29) is 24.0 Å². The Morgan fingerprint density at radius 2 is 1.86 bits per heavy atom. The number of carbonyl (C=O) groups is 1. The maximum Gasteiger partial charge on any atom is 0.270 e. The van der Waals surface area contributed by atoms with Crippen LogP contribution in [0.25, 0.3) is 16.9 Å². The molecule has 0 saturated heterocycles. The molecule has 0 aliphatic carbocycles. The van der Waals surface area contributed by atoms with Crippen molar-refractivity contribution in [1.29, 1.82) is 0 Å². The first-order valence-corrected chi connectivity index (χ1v) is 9.39. The molecule has 2 aromatic heterocycles. The fraction of sp³-hybridized carbons (Fsp3) is 0.0476. The Bertz CT molecular complexity index is 1160. The van der Waals surface area contributed by atoms with Gasteiger partial charge in [-0.1, -0.05) is 23.2 Å². The van der Waals surface area contributed by atoms with Gasteiger partial charge >= 0.3 is 0 Å². The molecule has 0 aliphatic heterocycles. The lowest BCUT2D eigenvalue weighted by atomic mass is 10.1. The number of nitrogens with one attached hydrogen (secondary N) is 1. The van der Waals surface area contributed by atoms with Crippen LogP contribution >= 0.6 is 23.2 Å². The van der Waals surface area contributed by atoms with Crippen molar-refractivity contribution < 1.29 is 13.6 Å². The largest absolute Gasteiger partial charge is 0.467 e. The maximum absolute atomic E-state index is 13.3. The number of halogens is 3. The van der Waals surface area contributed by atoms with E-state index in [0.29, 0.717) is 32.8 Å². The molecule has 2 aromatic carbocycles. The van der Waals surface area contributed by atoms with Gasteiger partial charge in [0.15, 0.2) is 0 Å². The highest BCUT2D eigenvalue weighted by molar-refractivity contribution is 6.42. The first-order valence-electron chi connectivity index (χ1n) is 8.63. The normalized spacial score (nSPS) is 10.9. The Morgan fingerprint density at radius 1 is 1.07 bits per heavy atom. The molecule has 8 heteroatoms. The summed E-state index contributed by atoms with van der Waals surface area (Å²) in [7, 11) is 0. The molecule has 4 aromatic rings. The van der Waals surface area contributed by atoms with Gasteiger partial charge in [-0.3, -0.25) is 4.79 Å². The number of aromatic nitrogens is 2. The topological polar surface area (TPSA) is 60.1 Å². The zero-order valence-electron chi connectivity index (χ0n) is 14.9. The van der Waals surface area contributed by atoms with Crippen molar-refractivity contribution in [2.24, 2.45) is 0 Å². The maximum atomic E-state index is 13.3. The number of furan rings is 1. The smallest absolute Gasteiger partial charge is 0.270 e. The van der Waals surface area contributed by atoms with E-state index in [1.165, 1.54) is 23.1 Å². The van der Waals surface area contributed by atoms with Gasteiger partial charge in [0.1, 0.15) is 17.3 Å². The summed E-state index contributed by atoms with van der Waals surface area (Å²) in [6.45, 7) is 0.226. The molecule has 5 nitrogen and oxygen atoms in total. The second kappa shape index (κ2) is 8.11. The molecule has 0 aliphatic rings. The highest BCUT2D eigenvalue weighted by Crippen LogP contribution is 2.27. The first-order chi connectivity index (χ1) is 14.0. The van der Waals surface area contributed by atoms with Crippen molar-refractivity contribution in [3.63, 3.8) is 0 Å². The van der Waals surface area contributed by atoms with Gasteiger partial charge < -0.3 is 9.73 Å². The summed E-state index contributed by atoms with van der Waals surface area (Å²) in [5.74, 6) is -0.0832. The molecule has 0 bridgehead atoms. The van der Waals surface area contributed by atoms with E-state index >= 15 is 0 Å². The number of hydrogen-bond donors (Lipinski definition) is 1. The van der Waals surface area contributed by atoms with Gasteiger partial charge in [-0.25, -0.2) is 9.07 Å². The number of hydrogen-bond acceptors (Lipinski definition) is 3. The van der Waals surface area contributed by atoms with Gasteiger partial charge in [-0.05, 0) is 60.7 Å². The molecule has 0 unspecified atom stereocenters. The van der Waals surface area contributed by atoms with Crippen molar-refractivity contribution in [3.8, 4) is 16.9 Å². The number of benzene rings is 2. The van der Waals surface area contributed by atoms with Crippen LogP contribution in [-0.2, 0) is 6.54 Å². The van der Waals surface area contributed by atoms with E-state index in [0.717, 1.165) is 0 Å². The van der Waals surface area contributed by atoms with Crippen LogP contribution in [0.3, 0.4) is 0 Å². The summed E-state index contributed by atoms with van der Waals surface area (Å²) in [6.07, 6.45) is 1.54. The molecule has 1 N–H and O–H groups in total. The molecule has 0 atom stereocenters. The molecule has 0 radical (unpaired) electrons. The quantitative estimate of drug-likeness (QED) is 0.454. The number of rotatable bonds is 5. The van der Waals surface area contributed by atoms with Gasteiger partial charge in [0.2, 0.25) is 0 Å². The fourth-order valence-electron chi connectivity index (χ4n) is 2.79. The minimum Gasteiger partial charge on any atom is -0.467 e. The van der Waals surface area contributed by atoms with Crippen molar-refractivity contribution in [2.45, 2.75) is 6.54 Å². The Balaban J connectivity index is 1.73. The second-order valence-electron chi connectivity index (χ2n) is 6.19. The zero-order chi connectivity index (χ0) is 20.4. The monoisotopic (exact) mass is 429 g/mol. The molecule has 1 amide bonds. The van der Waals surface area contributed by atoms with E-state index in [2.05, 4.69) is 10.4 Å². The standard InChI is InChI=1S/C21H14Cl2FN3O2/c22-17-8-7-15(10-18(17)23)27-20(21(28)25-12-16-2-1-9-29-16)11-19(26-27)13-3-5-14(24)6-4-13/h1-11H,12H2,(H,25,28). The van der Waals surface area contributed by atoms with Crippen LogP contribution in [0.2, 0.25) is 10.0 Å². The van der Waals surface area contributed by atoms with E-state index in [4.69, 9.17) is 27.6 Å². The summed E-state index contributed by atoms with van der Waals surface area (Å²) >= 11 is 12.1. The van der Waals surface area contributed by atoms with E-state index in [1.54, 1.807) is 48.5 Å². The van der Waals surface area contributed by atoms with Gasteiger partial charge in [0.05, 0.1) is 34.2 Å². The predicted molar refractivity (Wildman–Crippen MR) is 109 cm³/mol. The molecule has 2 heterocycles. The van der Waals surface area contributed by atoms with Crippen molar-refractivity contribution in [1.82, 2.24) is 15.1 Å². The molecule has 0 saturated carbocycles. The highest BCUT2D eigenvalue weighted by atomic mass is 35.5. The molecule has 4 rings (SSSR count). The van der Waals surface area contributed by atoms with Gasteiger partial charge in [-0.15, -0.1) is 0 Å². The molecular weight excluding hydrogens is 416 g/mol. The van der Waals surface area contributed by atoms with Crippen LogP contribution in [-0.4, -0.2) is 15.7 Å². The third-order valence-electron chi connectivity index (χ3n) is 4.23. The lowest BCUT2D eigenvalue weighted by Crippen LogP contribution is -2.25. The average Bonchev–Trinajstić information content (AvgIpc) is 3.39. The Kier molecular flexibility index (Phi) is 5.38. The summed E-state index contributed by atoms with van der Waals surface area (Å²) < 4.78 is 20.0. The molecular formula is C21H14Cl2FN3O2. The van der Waals surface area contributed by atoms with Crippen LogP contribution in [0.15, 0.2) is 71.3 Å². The molecule has 29 heavy (non-hydrogen) atoms. The number of nitrogens with zero attached hydrogens (tertiary/aromatic N) is 2. The van der Waals surface area contributed by atoms with Crippen LogP contribution in [0.4, 0.5) is 4.39 Å². The SMILES string of the molecule is O=C(NCc1ccco1)c1cc(-c2ccc(F)cc2)nn1-c1ccc(Cl)c(Cl)c1. The van der Waals surface area contributed by atoms with Crippen LogP contribution in [0, 0.1) is 5.82 Å². The molecule has 0 fully saturated rings. The minimum atomic E-state index is -0.353. The first kappa shape index (κ1) is 19.2. The third kappa shape index (κ3) is 4.18. The van der Waals surface area contributed by atoms with Crippen molar-refractivity contribution in [2.75, 3.05) is 0 Å². The predicted octanol–water partition coefficient (Wildman–Crippen LogP) is 5.51. The van der Waals surface area contributed by atoms with Gasteiger partial charge in [-0.2, -0.15) is 5.10 Å². The van der Waals surface area contributed by atoms with E-state index in [1.807, 2.05) is 0 Å². The van der Waals surface area contributed by atoms with Crippen molar-refractivity contribution in [3.05, 3.63) is 94.2 Å². The Hall–Kier alpha value is -3.09. The Labute approximate surface area is 175 Å². The molecule has 146 valence electrons. The van der Waals surface area contributed by atoms with E-state index < -0.39 is 0 Å². The number of amides is 1. The summed E-state index contributed by atoms with van der Waals surface area (Å²) in [5, 5.41) is 8.06. The van der Waals surface area contributed by atoms with Gasteiger partial charge in [0.25, 0.3) is 5.91 Å². The number of carbonyl (C=O) groups excluding carboxylic acids is 1. The highest BCUT2D eigenvalue weighted by Gasteiger charge is 2.18. The fourth-order valence-corrected chi connectivity index (χ4v) is 3.08. The summed E-state index contributed by atoms with van der Waals surface area (Å²) in [5.41, 5.74) is 2.04.